The van der Waals surface area contributed by atoms with E-state index in [4.69, 9.17) is 4.74 Å². The second-order valence-electron chi connectivity index (χ2n) is 7.83. The zero-order chi connectivity index (χ0) is 16.6. The highest BCUT2D eigenvalue weighted by Crippen LogP contribution is 2.34. The zero-order valence-electron chi connectivity index (χ0n) is 14.7. The average molecular weight is 316 g/mol. The summed E-state index contributed by atoms with van der Waals surface area (Å²) in [6.45, 7) is 10.7. The fraction of sp³-hybridized carbons (Fsp3) is 0.632. The summed E-state index contributed by atoms with van der Waals surface area (Å²) < 4.78 is 5.52. The molecule has 1 aromatic rings. The highest BCUT2D eigenvalue weighted by Gasteiger charge is 2.36. The zero-order valence-corrected chi connectivity index (χ0v) is 14.7. The highest BCUT2D eigenvalue weighted by molar-refractivity contribution is 5.68. The number of benzene rings is 1. The third-order valence-corrected chi connectivity index (χ3v) is 4.84. The molecule has 2 aliphatic rings. The number of likely N-dealkylation sites (tertiary alicyclic amines) is 1. The van der Waals surface area contributed by atoms with Crippen molar-refractivity contribution in [3.8, 4) is 0 Å². The number of carbonyl (C=O) groups is 1. The molecule has 0 radical (unpaired) electrons. The molecular weight excluding hydrogens is 288 g/mol. The Balaban J connectivity index is 1.65. The van der Waals surface area contributed by atoms with Crippen molar-refractivity contribution >= 4 is 11.8 Å². The van der Waals surface area contributed by atoms with Crippen molar-refractivity contribution in [3.05, 3.63) is 29.8 Å². The Morgan fingerprint density at radius 1 is 1.22 bits per heavy atom. The molecule has 1 amide bonds. The van der Waals surface area contributed by atoms with Crippen molar-refractivity contribution in [2.45, 2.75) is 52.2 Å². The van der Waals surface area contributed by atoms with Gasteiger partial charge in [-0.25, -0.2) is 4.79 Å². The van der Waals surface area contributed by atoms with E-state index in [1.165, 1.54) is 11.3 Å². The summed E-state index contributed by atoms with van der Waals surface area (Å²) in [5, 5.41) is 0. The molecular formula is C19H28N2O2. The van der Waals surface area contributed by atoms with Crippen molar-refractivity contribution in [2.24, 2.45) is 5.92 Å². The molecule has 3 rings (SSSR count). The lowest BCUT2D eigenvalue weighted by Gasteiger charge is -2.42. The van der Waals surface area contributed by atoms with Gasteiger partial charge in [-0.05, 0) is 51.2 Å². The molecule has 4 heteroatoms. The van der Waals surface area contributed by atoms with E-state index in [1.54, 1.807) is 0 Å². The number of carbonyl (C=O) groups excluding carboxylic acids is 1. The maximum atomic E-state index is 12.3. The summed E-state index contributed by atoms with van der Waals surface area (Å²) in [4.78, 5) is 16.7. The molecule has 23 heavy (non-hydrogen) atoms. The van der Waals surface area contributed by atoms with E-state index in [0.717, 1.165) is 32.5 Å². The molecule has 2 unspecified atom stereocenters. The molecule has 0 spiro atoms. The normalized spacial score (nSPS) is 24.5. The van der Waals surface area contributed by atoms with Crippen LogP contribution in [-0.2, 0) is 11.2 Å². The number of fused-ring (bicyclic) bond motifs is 1. The van der Waals surface area contributed by atoms with Crippen LogP contribution in [0.5, 0.6) is 0 Å². The lowest BCUT2D eigenvalue weighted by atomic mass is 9.92. The largest absolute Gasteiger partial charge is 0.444 e. The average Bonchev–Trinajstić information content (AvgIpc) is 2.89. The summed E-state index contributed by atoms with van der Waals surface area (Å²) >= 11 is 0. The Morgan fingerprint density at radius 3 is 2.65 bits per heavy atom. The number of amides is 1. The van der Waals surface area contributed by atoms with Crippen LogP contribution in [0.4, 0.5) is 10.5 Å². The number of hydrogen-bond acceptors (Lipinski definition) is 3. The number of para-hydroxylation sites is 1. The van der Waals surface area contributed by atoms with E-state index >= 15 is 0 Å². The summed E-state index contributed by atoms with van der Waals surface area (Å²) in [5.74, 6) is 0.447. The Labute approximate surface area is 139 Å². The van der Waals surface area contributed by atoms with Gasteiger partial charge in [0.15, 0.2) is 0 Å². The first-order valence-corrected chi connectivity index (χ1v) is 8.67. The van der Waals surface area contributed by atoms with Crippen LogP contribution in [0.3, 0.4) is 0 Å². The van der Waals surface area contributed by atoms with Gasteiger partial charge in [-0.1, -0.05) is 25.1 Å². The Kier molecular flexibility index (Phi) is 4.26. The molecule has 1 fully saturated rings. The van der Waals surface area contributed by atoms with Crippen molar-refractivity contribution < 1.29 is 9.53 Å². The van der Waals surface area contributed by atoms with Gasteiger partial charge in [-0.15, -0.1) is 0 Å². The van der Waals surface area contributed by atoms with Gasteiger partial charge in [-0.3, -0.25) is 0 Å². The van der Waals surface area contributed by atoms with Crippen LogP contribution in [0.25, 0.3) is 0 Å². The van der Waals surface area contributed by atoms with E-state index < -0.39 is 5.60 Å². The fourth-order valence-corrected chi connectivity index (χ4v) is 3.80. The quantitative estimate of drug-likeness (QED) is 0.792. The van der Waals surface area contributed by atoms with Crippen LogP contribution < -0.4 is 4.90 Å². The molecule has 1 aromatic carbocycles. The van der Waals surface area contributed by atoms with Crippen LogP contribution >= 0.6 is 0 Å². The van der Waals surface area contributed by atoms with Gasteiger partial charge >= 0.3 is 6.09 Å². The number of rotatable bonds is 1. The van der Waals surface area contributed by atoms with E-state index in [1.807, 2.05) is 25.7 Å². The van der Waals surface area contributed by atoms with Gasteiger partial charge in [0, 0.05) is 31.4 Å². The first-order valence-electron chi connectivity index (χ1n) is 8.67. The molecule has 0 aromatic heterocycles. The molecule has 1 saturated heterocycles. The summed E-state index contributed by atoms with van der Waals surface area (Å²) in [7, 11) is 0. The monoisotopic (exact) mass is 316 g/mol. The summed E-state index contributed by atoms with van der Waals surface area (Å²) in [6, 6.07) is 9.22. The van der Waals surface area contributed by atoms with Crippen molar-refractivity contribution in [2.75, 3.05) is 24.5 Å². The smallest absolute Gasteiger partial charge is 0.410 e. The van der Waals surface area contributed by atoms with E-state index in [2.05, 4.69) is 36.1 Å². The minimum Gasteiger partial charge on any atom is -0.444 e. The third-order valence-electron chi connectivity index (χ3n) is 4.84. The van der Waals surface area contributed by atoms with Crippen LogP contribution in [0.15, 0.2) is 24.3 Å². The Bertz CT molecular complexity index is 579. The molecule has 0 bridgehead atoms. The standard InChI is InChI=1S/C19H28N2O2/c1-14-13-20(18(22)23-19(2,3)4)11-10-16(14)21-12-9-15-7-5-6-8-17(15)21/h5-8,14,16H,9-13H2,1-4H3. The third kappa shape index (κ3) is 3.46. The second kappa shape index (κ2) is 6.06. The van der Waals surface area contributed by atoms with Crippen molar-refractivity contribution in [1.82, 2.24) is 4.90 Å². The first kappa shape index (κ1) is 16.2. The SMILES string of the molecule is CC1CN(C(=O)OC(C)(C)C)CCC1N1CCc2ccccc21. The van der Waals surface area contributed by atoms with Gasteiger partial charge in [0.2, 0.25) is 0 Å². The number of piperidine rings is 1. The van der Waals surface area contributed by atoms with Crippen LogP contribution in [0.2, 0.25) is 0 Å². The fourth-order valence-electron chi connectivity index (χ4n) is 3.80. The van der Waals surface area contributed by atoms with Gasteiger partial charge in [-0.2, -0.15) is 0 Å². The lowest BCUT2D eigenvalue weighted by molar-refractivity contribution is 0.0155. The maximum absolute atomic E-state index is 12.3. The molecule has 0 aliphatic carbocycles. The maximum Gasteiger partial charge on any atom is 0.410 e. The van der Waals surface area contributed by atoms with E-state index in [-0.39, 0.29) is 6.09 Å². The minimum absolute atomic E-state index is 0.176. The summed E-state index contributed by atoms with van der Waals surface area (Å²) in [6.07, 6.45) is 1.97. The van der Waals surface area contributed by atoms with E-state index in [0.29, 0.717) is 12.0 Å². The van der Waals surface area contributed by atoms with Crippen LogP contribution in [0.1, 0.15) is 39.7 Å². The Morgan fingerprint density at radius 2 is 1.96 bits per heavy atom. The lowest BCUT2D eigenvalue weighted by Crippen LogP contribution is -2.52. The van der Waals surface area contributed by atoms with Crippen molar-refractivity contribution in [3.63, 3.8) is 0 Å². The number of nitrogens with zero attached hydrogens (tertiary/aromatic N) is 2. The predicted octanol–water partition coefficient (Wildman–Crippen LogP) is 3.69. The first-order chi connectivity index (χ1) is 10.8. The van der Waals surface area contributed by atoms with Crippen molar-refractivity contribution in [1.29, 1.82) is 0 Å². The van der Waals surface area contributed by atoms with Gasteiger partial charge in [0.1, 0.15) is 5.60 Å². The molecule has 4 nitrogen and oxygen atoms in total. The molecule has 0 N–H and O–H groups in total. The summed E-state index contributed by atoms with van der Waals surface area (Å²) in [5.41, 5.74) is 2.41. The van der Waals surface area contributed by atoms with E-state index in [9.17, 15) is 4.79 Å². The molecule has 2 heterocycles. The van der Waals surface area contributed by atoms with Crippen LogP contribution in [0, 0.1) is 5.92 Å². The number of anilines is 1. The van der Waals surface area contributed by atoms with Crippen LogP contribution in [-0.4, -0.2) is 42.3 Å². The molecule has 2 atom stereocenters. The van der Waals surface area contributed by atoms with Gasteiger partial charge in [0.25, 0.3) is 0 Å². The second-order valence-corrected chi connectivity index (χ2v) is 7.83. The molecule has 0 saturated carbocycles. The molecule has 126 valence electrons. The number of ether oxygens (including phenoxy) is 1. The molecule has 2 aliphatic heterocycles. The van der Waals surface area contributed by atoms with Gasteiger partial charge in [0.05, 0.1) is 0 Å². The topological polar surface area (TPSA) is 32.8 Å². The highest BCUT2D eigenvalue weighted by atomic mass is 16.6. The predicted molar refractivity (Wildman–Crippen MR) is 92.9 cm³/mol. The number of hydrogen-bond donors (Lipinski definition) is 0. The minimum atomic E-state index is -0.426. The Hall–Kier alpha value is -1.71. The van der Waals surface area contributed by atoms with Gasteiger partial charge < -0.3 is 14.5 Å².